The largest absolute Gasteiger partial charge is 0.366 e. The number of hydrogen-bond acceptors (Lipinski definition) is 7. The van der Waals surface area contributed by atoms with Gasteiger partial charge in [-0.15, -0.1) is 0 Å². The average Bonchev–Trinajstić information content (AvgIpc) is 3.23. The Labute approximate surface area is 177 Å². The summed E-state index contributed by atoms with van der Waals surface area (Å²) in [4.78, 5) is 36.0. The van der Waals surface area contributed by atoms with Gasteiger partial charge in [-0.2, -0.15) is 0 Å². The van der Waals surface area contributed by atoms with Gasteiger partial charge in [-0.05, 0) is 50.2 Å². The van der Waals surface area contributed by atoms with Gasteiger partial charge in [0.15, 0.2) is 5.11 Å². The van der Waals surface area contributed by atoms with Crippen LogP contribution >= 0.6 is 12.2 Å². The van der Waals surface area contributed by atoms with E-state index < -0.39 is 15.8 Å². The van der Waals surface area contributed by atoms with Gasteiger partial charge in [-0.3, -0.25) is 30.3 Å². The second-order valence-electron chi connectivity index (χ2n) is 6.77. The summed E-state index contributed by atoms with van der Waals surface area (Å²) in [5.41, 5.74) is 1.10. The van der Waals surface area contributed by atoms with E-state index in [0.717, 1.165) is 25.9 Å². The number of nitrogens with one attached hydrogen (secondary N) is 2. The Balaban J connectivity index is 1.75. The van der Waals surface area contributed by atoms with Gasteiger partial charge in [-0.1, -0.05) is 6.07 Å². The van der Waals surface area contributed by atoms with Crippen LogP contribution in [0.25, 0.3) is 0 Å². The predicted octanol–water partition coefficient (Wildman–Crippen LogP) is 3.54. The van der Waals surface area contributed by atoms with E-state index in [2.05, 4.69) is 10.6 Å². The number of nitrogens with zero attached hydrogens (tertiary/aromatic N) is 3. The second kappa shape index (κ2) is 8.82. The third-order valence-corrected chi connectivity index (χ3v) is 5.06. The standard InChI is InChI=1S/C19H19N5O5S/c1-12-14(5-4-6-15(12)23(26)27)20-19(30)21-18(25)13-7-8-16(17(11-13)24(28)29)22-9-2-3-10-22/h4-8,11H,2-3,9-10H2,1H3,(H2,20,21,25,30). The molecule has 1 heterocycles. The molecule has 3 rings (SSSR count). The van der Waals surface area contributed by atoms with Crippen LogP contribution in [0.3, 0.4) is 0 Å². The van der Waals surface area contributed by atoms with Crippen LogP contribution < -0.4 is 15.5 Å². The molecule has 2 aromatic rings. The van der Waals surface area contributed by atoms with Crippen molar-refractivity contribution >= 4 is 46.0 Å². The zero-order valence-electron chi connectivity index (χ0n) is 16.1. The number of benzene rings is 2. The molecule has 11 heteroatoms. The van der Waals surface area contributed by atoms with Gasteiger partial charge in [0.05, 0.1) is 21.1 Å². The van der Waals surface area contributed by atoms with Crippen LogP contribution in [0.2, 0.25) is 0 Å². The molecule has 1 aliphatic rings. The number of hydrogen-bond donors (Lipinski definition) is 2. The SMILES string of the molecule is Cc1c(NC(=S)NC(=O)c2ccc(N3CCCC3)c([N+](=O)[O-])c2)cccc1[N+](=O)[O-]. The Hall–Kier alpha value is -3.60. The molecule has 0 aliphatic carbocycles. The molecule has 0 aromatic heterocycles. The highest BCUT2D eigenvalue weighted by molar-refractivity contribution is 7.80. The zero-order valence-corrected chi connectivity index (χ0v) is 16.9. The van der Waals surface area contributed by atoms with E-state index in [4.69, 9.17) is 12.2 Å². The lowest BCUT2D eigenvalue weighted by molar-refractivity contribution is -0.385. The van der Waals surface area contributed by atoms with Crippen molar-refractivity contribution in [3.05, 3.63) is 67.8 Å². The smallest absolute Gasteiger partial charge is 0.293 e. The summed E-state index contributed by atoms with van der Waals surface area (Å²) in [7, 11) is 0. The molecule has 30 heavy (non-hydrogen) atoms. The fourth-order valence-electron chi connectivity index (χ4n) is 3.32. The molecular formula is C19H19N5O5S. The molecule has 0 unspecified atom stereocenters. The first-order valence-corrected chi connectivity index (χ1v) is 9.58. The van der Waals surface area contributed by atoms with E-state index in [9.17, 15) is 25.0 Å². The van der Waals surface area contributed by atoms with Crippen molar-refractivity contribution in [2.75, 3.05) is 23.3 Å². The third kappa shape index (κ3) is 4.51. The van der Waals surface area contributed by atoms with Crippen LogP contribution in [0, 0.1) is 27.2 Å². The van der Waals surface area contributed by atoms with Gasteiger partial charge < -0.3 is 10.2 Å². The number of carbonyl (C=O) groups is 1. The van der Waals surface area contributed by atoms with Gasteiger partial charge in [0.2, 0.25) is 0 Å². The molecule has 2 N–H and O–H groups in total. The van der Waals surface area contributed by atoms with Crippen LogP contribution in [-0.4, -0.2) is 34.0 Å². The maximum atomic E-state index is 12.5. The number of thiocarbonyl (C=S) groups is 1. The number of amides is 1. The number of rotatable bonds is 5. The molecule has 1 fully saturated rings. The lowest BCUT2D eigenvalue weighted by Gasteiger charge is -2.18. The van der Waals surface area contributed by atoms with Crippen LogP contribution in [0.1, 0.15) is 28.8 Å². The fourth-order valence-corrected chi connectivity index (χ4v) is 3.52. The average molecular weight is 429 g/mol. The molecule has 2 aromatic carbocycles. The molecular weight excluding hydrogens is 410 g/mol. The highest BCUT2D eigenvalue weighted by Gasteiger charge is 2.24. The van der Waals surface area contributed by atoms with Gasteiger partial charge in [0, 0.05) is 30.8 Å². The Morgan fingerprint density at radius 2 is 1.73 bits per heavy atom. The van der Waals surface area contributed by atoms with E-state index in [1.807, 2.05) is 4.90 Å². The topological polar surface area (TPSA) is 131 Å². The summed E-state index contributed by atoms with van der Waals surface area (Å²) in [5, 5.41) is 27.7. The van der Waals surface area contributed by atoms with Crippen LogP contribution in [0.15, 0.2) is 36.4 Å². The molecule has 0 radical (unpaired) electrons. The van der Waals surface area contributed by atoms with Crippen molar-refractivity contribution in [2.24, 2.45) is 0 Å². The molecule has 0 saturated carbocycles. The van der Waals surface area contributed by atoms with Gasteiger partial charge in [0.1, 0.15) is 5.69 Å². The number of nitro benzene ring substituents is 2. The first-order chi connectivity index (χ1) is 14.3. The Morgan fingerprint density at radius 3 is 2.37 bits per heavy atom. The summed E-state index contributed by atoms with van der Waals surface area (Å²) in [6, 6.07) is 8.76. The highest BCUT2D eigenvalue weighted by Crippen LogP contribution is 2.31. The zero-order chi connectivity index (χ0) is 21.8. The maximum Gasteiger partial charge on any atom is 0.293 e. The second-order valence-corrected chi connectivity index (χ2v) is 7.18. The number of carbonyl (C=O) groups excluding carboxylic acids is 1. The minimum absolute atomic E-state index is 0.0742. The number of nitro groups is 2. The van der Waals surface area contributed by atoms with Gasteiger partial charge in [-0.25, -0.2) is 0 Å². The predicted molar refractivity (Wildman–Crippen MR) is 116 cm³/mol. The molecule has 0 spiro atoms. The fraction of sp³-hybridized carbons (Fsp3) is 0.263. The van der Waals surface area contributed by atoms with E-state index in [-0.39, 0.29) is 22.1 Å². The van der Waals surface area contributed by atoms with Crippen molar-refractivity contribution in [3.8, 4) is 0 Å². The van der Waals surface area contributed by atoms with Crippen molar-refractivity contribution in [2.45, 2.75) is 19.8 Å². The lowest BCUT2D eigenvalue weighted by Crippen LogP contribution is -2.34. The monoisotopic (exact) mass is 429 g/mol. The van der Waals surface area contributed by atoms with Crippen LogP contribution in [-0.2, 0) is 0 Å². The van der Waals surface area contributed by atoms with E-state index in [0.29, 0.717) is 16.9 Å². The molecule has 156 valence electrons. The van der Waals surface area contributed by atoms with Gasteiger partial charge >= 0.3 is 0 Å². The number of anilines is 2. The van der Waals surface area contributed by atoms with E-state index in [1.165, 1.54) is 24.3 Å². The van der Waals surface area contributed by atoms with Crippen LogP contribution in [0.5, 0.6) is 0 Å². The molecule has 1 amide bonds. The molecule has 1 saturated heterocycles. The van der Waals surface area contributed by atoms with E-state index in [1.54, 1.807) is 19.1 Å². The highest BCUT2D eigenvalue weighted by atomic mass is 32.1. The Kier molecular flexibility index (Phi) is 6.21. The van der Waals surface area contributed by atoms with Crippen molar-refractivity contribution in [3.63, 3.8) is 0 Å². The lowest BCUT2D eigenvalue weighted by atomic mass is 10.1. The quantitative estimate of drug-likeness (QED) is 0.419. The van der Waals surface area contributed by atoms with E-state index >= 15 is 0 Å². The molecule has 10 nitrogen and oxygen atoms in total. The van der Waals surface area contributed by atoms with Gasteiger partial charge in [0.25, 0.3) is 17.3 Å². The third-order valence-electron chi connectivity index (χ3n) is 4.86. The summed E-state index contributed by atoms with van der Waals surface area (Å²) >= 11 is 5.12. The molecule has 0 bridgehead atoms. The maximum absolute atomic E-state index is 12.5. The molecule has 1 aliphatic heterocycles. The first-order valence-electron chi connectivity index (χ1n) is 9.17. The van der Waals surface area contributed by atoms with Crippen LogP contribution in [0.4, 0.5) is 22.7 Å². The summed E-state index contributed by atoms with van der Waals surface area (Å²) in [6.07, 6.45) is 1.94. The molecule has 0 atom stereocenters. The summed E-state index contributed by atoms with van der Waals surface area (Å²) < 4.78 is 0. The van der Waals surface area contributed by atoms with Crippen molar-refractivity contribution in [1.29, 1.82) is 0 Å². The summed E-state index contributed by atoms with van der Waals surface area (Å²) in [5.74, 6) is -0.619. The Bertz CT molecular complexity index is 1040. The van der Waals surface area contributed by atoms with Crippen molar-refractivity contribution in [1.82, 2.24) is 5.32 Å². The van der Waals surface area contributed by atoms with Crippen molar-refractivity contribution < 1.29 is 14.6 Å². The minimum Gasteiger partial charge on any atom is -0.366 e. The first kappa shape index (κ1) is 21.1. The Morgan fingerprint density at radius 1 is 1.07 bits per heavy atom. The minimum atomic E-state index is -0.619. The summed E-state index contributed by atoms with van der Waals surface area (Å²) in [6.45, 7) is 3.04. The normalized spacial score (nSPS) is 13.0.